The third kappa shape index (κ3) is 6.86. The zero-order chi connectivity index (χ0) is 16.5. The number of rotatable bonds is 8. The standard InChI is InChI=1S/C18H21NO3S/c1-14(20)19-16-7-9-18(10-8-16)23-13-17(21)12-22-11-15-5-3-2-4-6-15/h2-10,17,21H,11-13H2,1H3,(H,19,20). The number of anilines is 1. The Morgan fingerprint density at radius 3 is 2.52 bits per heavy atom. The Morgan fingerprint density at radius 2 is 1.87 bits per heavy atom. The number of hydrogen-bond donors (Lipinski definition) is 2. The van der Waals surface area contributed by atoms with Gasteiger partial charge in [-0.05, 0) is 29.8 Å². The van der Waals surface area contributed by atoms with Crippen LogP contribution in [0.4, 0.5) is 5.69 Å². The molecule has 122 valence electrons. The zero-order valence-corrected chi connectivity index (χ0v) is 13.9. The lowest BCUT2D eigenvalue weighted by atomic mass is 10.2. The molecule has 0 heterocycles. The van der Waals surface area contributed by atoms with Gasteiger partial charge in [-0.25, -0.2) is 0 Å². The van der Waals surface area contributed by atoms with Crippen molar-refractivity contribution in [3.05, 3.63) is 60.2 Å². The molecular weight excluding hydrogens is 310 g/mol. The largest absolute Gasteiger partial charge is 0.390 e. The first-order valence-electron chi connectivity index (χ1n) is 7.43. The molecule has 1 atom stereocenters. The highest BCUT2D eigenvalue weighted by molar-refractivity contribution is 7.99. The van der Waals surface area contributed by atoms with Gasteiger partial charge in [-0.15, -0.1) is 11.8 Å². The van der Waals surface area contributed by atoms with Crippen molar-refractivity contribution < 1.29 is 14.6 Å². The molecular formula is C18H21NO3S. The SMILES string of the molecule is CC(=O)Nc1ccc(SCC(O)COCc2ccccc2)cc1. The lowest BCUT2D eigenvalue weighted by Gasteiger charge is -2.11. The van der Waals surface area contributed by atoms with E-state index >= 15 is 0 Å². The predicted octanol–water partition coefficient (Wildman–Crippen LogP) is 3.31. The Hall–Kier alpha value is -1.82. The van der Waals surface area contributed by atoms with Crippen molar-refractivity contribution in [1.82, 2.24) is 0 Å². The molecule has 4 nitrogen and oxygen atoms in total. The van der Waals surface area contributed by atoms with Gasteiger partial charge in [-0.2, -0.15) is 0 Å². The molecule has 0 aromatic heterocycles. The Morgan fingerprint density at radius 1 is 1.17 bits per heavy atom. The number of nitrogens with one attached hydrogen (secondary N) is 1. The van der Waals surface area contributed by atoms with Gasteiger partial charge in [0.2, 0.25) is 5.91 Å². The maximum Gasteiger partial charge on any atom is 0.221 e. The minimum absolute atomic E-state index is 0.0867. The molecule has 23 heavy (non-hydrogen) atoms. The van der Waals surface area contributed by atoms with Crippen LogP contribution in [0, 0.1) is 0 Å². The molecule has 5 heteroatoms. The Kier molecular flexibility index (Phi) is 7.13. The summed E-state index contributed by atoms with van der Waals surface area (Å²) in [6.07, 6.45) is -0.515. The number of carbonyl (C=O) groups is 1. The molecule has 2 rings (SSSR count). The quantitative estimate of drug-likeness (QED) is 0.729. The summed E-state index contributed by atoms with van der Waals surface area (Å²) in [4.78, 5) is 12.0. The van der Waals surface area contributed by atoms with Crippen molar-refractivity contribution in [2.75, 3.05) is 17.7 Å². The molecule has 0 saturated heterocycles. The third-order valence-corrected chi connectivity index (χ3v) is 4.20. The fourth-order valence-corrected chi connectivity index (χ4v) is 2.77. The molecule has 2 aromatic carbocycles. The fourth-order valence-electron chi connectivity index (χ4n) is 1.97. The average molecular weight is 331 g/mol. The second-order valence-electron chi connectivity index (χ2n) is 5.17. The highest BCUT2D eigenvalue weighted by Crippen LogP contribution is 2.21. The van der Waals surface area contributed by atoms with Crippen molar-refractivity contribution in [2.24, 2.45) is 0 Å². The van der Waals surface area contributed by atoms with Crippen LogP contribution in [0.25, 0.3) is 0 Å². The molecule has 0 saturated carbocycles. The van der Waals surface area contributed by atoms with Crippen LogP contribution < -0.4 is 5.32 Å². The van der Waals surface area contributed by atoms with E-state index < -0.39 is 6.10 Å². The topological polar surface area (TPSA) is 58.6 Å². The average Bonchev–Trinajstić information content (AvgIpc) is 2.55. The number of benzene rings is 2. The summed E-state index contributed by atoms with van der Waals surface area (Å²) >= 11 is 1.56. The fraction of sp³-hybridized carbons (Fsp3) is 0.278. The molecule has 1 unspecified atom stereocenters. The van der Waals surface area contributed by atoms with Crippen LogP contribution in [0.15, 0.2) is 59.5 Å². The predicted molar refractivity (Wildman–Crippen MR) is 93.6 cm³/mol. The van der Waals surface area contributed by atoms with Crippen LogP contribution >= 0.6 is 11.8 Å². The van der Waals surface area contributed by atoms with E-state index in [-0.39, 0.29) is 5.91 Å². The van der Waals surface area contributed by atoms with Gasteiger partial charge in [0.1, 0.15) is 0 Å². The summed E-state index contributed by atoms with van der Waals surface area (Å²) in [6, 6.07) is 17.4. The second-order valence-corrected chi connectivity index (χ2v) is 6.26. The van der Waals surface area contributed by atoms with Crippen LogP contribution in [0.1, 0.15) is 12.5 Å². The van der Waals surface area contributed by atoms with Gasteiger partial charge >= 0.3 is 0 Å². The smallest absolute Gasteiger partial charge is 0.221 e. The van der Waals surface area contributed by atoms with E-state index in [1.54, 1.807) is 11.8 Å². The molecule has 1 amide bonds. The van der Waals surface area contributed by atoms with Crippen molar-refractivity contribution in [1.29, 1.82) is 0 Å². The molecule has 0 aliphatic rings. The van der Waals surface area contributed by atoms with E-state index in [1.807, 2.05) is 54.6 Å². The summed E-state index contributed by atoms with van der Waals surface area (Å²) in [7, 11) is 0. The van der Waals surface area contributed by atoms with Gasteiger partial charge in [-0.3, -0.25) is 4.79 Å². The Bertz CT molecular complexity index is 601. The molecule has 2 N–H and O–H groups in total. The molecule has 2 aromatic rings. The van der Waals surface area contributed by atoms with Gasteiger partial charge in [-0.1, -0.05) is 30.3 Å². The minimum atomic E-state index is -0.515. The maximum absolute atomic E-state index is 11.0. The Labute approximate surface area is 140 Å². The van der Waals surface area contributed by atoms with Crippen LogP contribution in [0.5, 0.6) is 0 Å². The number of thioether (sulfide) groups is 1. The molecule has 0 radical (unpaired) electrons. The molecule has 0 bridgehead atoms. The van der Waals surface area contributed by atoms with Gasteiger partial charge in [0, 0.05) is 23.3 Å². The first-order valence-corrected chi connectivity index (χ1v) is 8.42. The lowest BCUT2D eigenvalue weighted by Crippen LogP contribution is -2.17. The van der Waals surface area contributed by atoms with Crippen LogP contribution in [-0.2, 0) is 16.1 Å². The van der Waals surface area contributed by atoms with E-state index in [0.29, 0.717) is 19.0 Å². The number of amides is 1. The number of hydrogen-bond acceptors (Lipinski definition) is 4. The summed E-state index contributed by atoms with van der Waals surface area (Å²) in [5.41, 5.74) is 1.87. The van der Waals surface area contributed by atoms with Gasteiger partial charge < -0.3 is 15.2 Å². The summed E-state index contributed by atoms with van der Waals surface area (Å²) in [5.74, 6) is 0.477. The first kappa shape index (κ1) is 17.5. The van der Waals surface area contributed by atoms with Crippen LogP contribution in [0.3, 0.4) is 0 Å². The first-order chi connectivity index (χ1) is 11.1. The highest BCUT2D eigenvalue weighted by atomic mass is 32.2. The van der Waals surface area contributed by atoms with E-state index in [4.69, 9.17) is 4.74 Å². The molecule has 0 spiro atoms. The van der Waals surface area contributed by atoms with E-state index in [1.165, 1.54) is 6.92 Å². The highest BCUT2D eigenvalue weighted by Gasteiger charge is 2.06. The second kappa shape index (κ2) is 9.35. The number of aliphatic hydroxyl groups excluding tert-OH is 1. The van der Waals surface area contributed by atoms with Gasteiger partial charge in [0.25, 0.3) is 0 Å². The van der Waals surface area contributed by atoms with Gasteiger partial charge in [0.15, 0.2) is 0 Å². The zero-order valence-electron chi connectivity index (χ0n) is 13.1. The molecule has 0 aliphatic carbocycles. The van der Waals surface area contributed by atoms with Crippen molar-refractivity contribution >= 4 is 23.4 Å². The molecule has 0 fully saturated rings. The molecule has 0 aliphatic heterocycles. The maximum atomic E-state index is 11.0. The van der Waals surface area contributed by atoms with Crippen molar-refractivity contribution in [3.8, 4) is 0 Å². The van der Waals surface area contributed by atoms with E-state index in [9.17, 15) is 9.90 Å². The van der Waals surface area contributed by atoms with Gasteiger partial charge in [0.05, 0.1) is 19.3 Å². The van der Waals surface area contributed by atoms with Crippen LogP contribution in [-0.4, -0.2) is 29.5 Å². The third-order valence-electron chi connectivity index (χ3n) is 3.04. The van der Waals surface area contributed by atoms with Crippen molar-refractivity contribution in [2.45, 2.75) is 24.5 Å². The Balaban J connectivity index is 1.67. The summed E-state index contributed by atoms with van der Waals surface area (Å²) < 4.78 is 5.52. The summed E-state index contributed by atoms with van der Waals surface area (Å²) in [5, 5.41) is 12.7. The number of ether oxygens (including phenoxy) is 1. The number of aliphatic hydroxyl groups is 1. The minimum Gasteiger partial charge on any atom is -0.390 e. The van der Waals surface area contributed by atoms with E-state index in [0.717, 1.165) is 16.1 Å². The summed E-state index contributed by atoms with van der Waals surface area (Å²) in [6.45, 7) is 2.30. The van der Waals surface area contributed by atoms with Crippen LogP contribution in [0.2, 0.25) is 0 Å². The number of carbonyl (C=O) groups excluding carboxylic acids is 1. The normalized spacial score (nSPS) is 11.9. The lowest BCUT2D eigenvalue weighted by molar-refractivity contribution is -0.114. The monoisotopic (exact) mass is 331 g/mol. The van der Waals surface area contributed by atoms with E-state index in [2.05, 4.69) is 5.32 Å². The van der Waals surface area contributed by atoms with Crippen molar-refractivity contribution in [3.63, 3.8) is 0 Å².